The second-order valence-corrected chi connectivity index (χ2v) is 6.04. The van der Waals surface area contributed by atoms with E-state index in [4.69, 9.17) is 9.72 Å². The first-order chi connectivity index (χ1) is 9.25. The molecule has 3 rings (SSSR count). The van der Waals surface area contributed by atoms with Crippen molar-refractivity contribution in [2.75, 3.05) is 13.2 Å². The lowest BCUT2D eigenvalue weighted by Gasteiger charge is -2.26. The van der Waals surface area contributed by atoms with Gasteiger partial charge >= 0.3 is 0 Å². The highest BCUT2D eigenvalue weighted by Crippen LogP contribution is 2.24. The molecule has 0 aromatic carbocycles. The second-order valence-electron chi connectivity index (χ2n) is 6.04. The Labute approximate surface area is 115 Å². The number of hydrogen-bond donors (Lipinski definition) is 1. The molecule has 3 heterocycles. The van der Waals surface area contributed by atoms with Crippen LogP contribution < -0.4 is 5.32 Å². The lowest BCUT2D eigenvalue weighted by Crippen LogP contribution is -2.29. The summed E-state index contributed by atoms with van der Waals surface area (Å²) < 4.78 is 8.37. The van der Waals surface area contributed by atoms with E-state index in [0.717, 1.165) is 32.7 Å². The van der Waals surface area contributed by atoms with Crippen LogP contribution in [0.3, 0.4) is 0 Å². The van der Waals surface area contributed by atoms with Gasteiger partial charge in [-0.25, -0.2) is 4.98 Å². The van der Waals surface area contributed by atoms with Gasteiger partial charge in [0.25, 0.3) is 0 Å². The predicted octanol–water partition coefficient (Wildman–Crippen LogP) is 2.22. The largest absolute Gasteiger partial charge is 0.376 e. The van der Waals surface area contributed by atoms with Crippen molar-refractivity contribution in [3.8, 4) is 0 Å². The van der Waals surface area contributed by atoms with Crippen molar-refractivity contribution in [3.63, 3.8) is 0 Å². The topological polar surface area (TPSA) is 39.1 Å². The summed E-state index contributed by atoms with van der Waals surface area (Å²) in [5.41, 5.74) is 2.70. The molecular weight excluding hydrogens is 238 g/mol. The van der Waals surface area contributed by atoms with Crippen LogP contribution in [-0.4, -0.2) is 28.8 Å². The fourth-order valence-electron chi connectivity index (χ4n) is 3.19. The van der Waals surface area contributed by atoms with E-state index in [2.05, 4.69) is 23.7 Å². The Morgan fingerprint density at radius 1 is 1.42 bits per heavy atom. The van der Waals surface area contributed by atoms with Crippen molar-refractivity contribution < 1.29 is 4.74 Å². The molecule has 1 saturated heterocycles. The number of fused-ring (bicyclic) bond motifs is 1. The van der Waals surface area contributed by atoms with Gasteiger partial charge in [-0.2, -0.15) is 0 Å². The van der Waals surface area contributed by atoms with Gasteiger partial charge in [-0.1, -0.05) is 13.8 Å². The van der Waals surface area contributed by atoms with E-state index >= 15 is 0 Å². The number of rotatable bonds is 3. The van der Waals surface area contributed by atoms with Gasteiger partial charge in [0, 0.05) is 37.7 Å². The highest BCUT2D eigenvalue weighted by molar-refractivity contribution is 5.22. The Hall–Kier alpha value is -0.870. The van der Waals surface area contributed by atoms with Crippen molar-refractivity contribution >= 4 is 0 Å². The molecule has 0 aliphatic carbocycles. The van der Waals surface area contributed by atoms with Crippen LogP contribution >= 0.6 is 0 Å². The van der Waals surface area contributed by atoms with Crippen LogP contribution in [0, 0.1) is 0 Å². The number of hydrogen-bond acceptors (Lipinski definition) is 3. The third-order valence-corrected chi connectivity index (χ3v) is 4.19. The van der Waals surface area contributed by atoms with Crippen molar-refractivity contribution in [1.82, 2.24) is 14.9 Å². The highest BCUT2D eigenvalue weighted by atomic mass is 16.5. The third-order valence-electron chi connectivity index (χ3n) is 4.19. The zero-order valence-corrected chi connectivity index (χ0v) is 12.1. The molecule has 1 unspecified atom stereocenters. The molecule has 0 amide bonds. The smallest absolute Gasteiger partial charge is 0.111 e. The normalized spacial score (nSPS) is 23.6. The summed E-state index contributed by atoms with van der Waals surface area (Å²) in [6, 6.07) is 0. The van der Waals surface area contributed by atoms with Crippen LogP contribution in [0.2, 0.25) is 0 Å². The number of nitrogens with zero attached hydrogens (tertiary/aromatic N) is 2. The van der Waals surface area contributed by atoms with Crippen LogP contribution in [0.25, 0.3) is 0 Å². The van der Waals surface area contributed by atoms with Crippen LogP contribution in [0.1, 0.15) is 56.2 Å². The number of aromatic nitrogens is 2. The van der Waals surface area contributed by atoms with Crippen LogP contribution in [0.15, 0.2) is 0 Å². The van der Waals surface area contributed by atoms with Gasteiger partial charge in [0.2, 0.25) is 0 Å². The Bertz CT molecular complexity index is 433. The van der Waals surface area contributed by atoms with E-state index in [1.807, 2.05) is 0 Å². The molecule has 106 valence electrons. The maximum atomic E-state index is 5.91. The molecule has 2 aliphatic heterocycles. The molecular formula is C15H25N3O. The van der Waals surface area contributed by atoms with E-state index in [1.165, 1.54) is 36.5 Å². The molecule has 4 heteroatoms. The van der Waals surface area contributed by atoms with Gasteiger partial charge in [-0.05, 0) is 19.3 Å². The number of nitrogens with one attached hydrogen (secondary N) is 1. The Morgan fingerprint density at radius 3 is 3.05 bits per heavy atom. The van der Waals surface area contributed by atoms with Gasteiger partial charge in [0.15, 0.2) is 0 Å². The monoisotopic (exact) mass is 263 g/mol. The molecule has 1 N–H and O–H groups in total. The van der Waals surface area contributed by atoms with Gasteiger partial charge in [0.1, 0.15) is 5.82 Å². The Balaban J connectivity index is 1.86. The van der Waals surface area contributed by atoms with Crippen molar-refractivity contribution in [2.45, 2.75) is 64.6 Å². The first kappa shape index (κ1) is 13.1. The quantitative estimate of drug-likeness (QED) is 0.909. The van der Waals surface area contributed by atoms with Crippen molar-refractivity contribution in [3.05, 3.63) is 17.2 Å². The molecule has 1 aromatic rings. The first-order valence-corrected chi connectivity index (χ1v) is 7.66. The van der Waals surface area contributed by atoms with Crippen LogP contribution in [-0.2, 0) is 24.2 Å². The standard InChI is InChI=1S/C15H25N3O/c1-11(2)15-17-13-9-16-7-6-14(13)18(15)10-12-5-3-4-8-19-12/h11-12,16H,3-10H2,1-2H3. The highest BCUT2D eigenvalue weighted by Gasteiger charge is 2.24. The van der Waals surface area contributed by atoms with Crippen molar-refractivity contribution in [1.29, 1.82) is 0 Å². The summed E-state index contributed by atoms with van der Waals surface area (Å²) in [4.78, 5) is 4.86. The molecule has 0 radical (unpaired) electrons. The summed E-state index contributed by atoms with van der Waals surface area (Å²) in [6.07, 6.45) is 5.21. The minimum absolute atomic E-state index is 0.388. The third kappa shape index (κ3) is 2.70. The molecule has 19 heavy (non-hydrogen) atoms. The first-order valence-electron chi connectivity index (χ1n) is 7.66. The Morgan fingerprint density at radius 2 is 2.32 bits per heavy atom. The molecule has 0 bridgehead atoms. The second kappa shape index (κ2) is 5.63. The fourth-order valence-corrected chi connectivity index (χ4v) is 3.19. The molecule has 2 aliphatic rings. The van der Waals surface area contributed by atoms with Gasteiger partial charge in [-0.15, -0.1) is 0 Å². The molecule has 1 aromatic heterocycles. The van der Waals surface area contributed by atoms with E-state index in [1.54, 1.807) is 0 Å². The summed E-state index contributed by atoms with van der Waals surface area (Å²) in [7, 11) is 0. The molecule has 0 spiro atoms. The van der Waals surface area contributed by atoms with E-state index in [-0.39, 0.29) is 0 Å². The van der Waals surface area contributed by atoms with Crippen LogP contribution in [0.4, 0.5) is 0 Å². The van der Waals surface area contributed by atoms with Crippen LogP contribution in [0.5, 0.6) is 0 Å². The zero-order chi connectivity index (χ0) is 13.2. The fraction of sp³-hybridized carbons (Fsp3) is 0.800. The average molecular weight is 263 g/mol. The summed E-state index contributed by atoms with van der Waals surface area (Å²) in [5, 5.41) is 3.42. The molecule has 4 nitrogen and oxygen atoms in total. The minimum atomic E-state index is 0.388. The van der Waals surface area contributed by atoms with E-state index < -0.39 is 0 Å². The van der Waals surface area contributed by atoms with E-state index in [9.17, 15) is 0 Å². The van der Waals surface area contributed by atoms with Crippen molar-refractivity contribution in [2.24, 2.45) is 0 Å². The predicted molar refractivity (Wildman–Crippen MR) is 75.3 cm³/mol. The molecule has 1 fully saturated rings. The maximum Gasteiger partial charge on any atom is 0.111 e. The summed E-state index contributed by atoms with van der Waals surface area (Å²) in [6.45, 7) is 8.39. The number of ether oxygens (including phenoxy) is 1. The van der Waals surface area contributed by atoms with E-state index in [0.29, 0.717) is 12.0 Å². The summed E-state index contributed by atoms with van der Waals surface area (Å²) >= 11 is 0. The molecule has 1 atom stereocenters. The zero-order valence-electron chi connectivity index (χ0n) is 12.1. The van der Waals surface area contributed by atoms with Gasteiger partial charge < -0.3 is 14.6 Å². The number of imidazole rings is 1. The lowest BCUT2D eigenvalue weighted by atomic mass is 10.1. The maximum absolute atomic E-state index is 5.91. The Kier molecular flexibility index (Phi) is 3.89. The summed E-state index contributed by atoms with van der Waals surface area (Å²) in [5.74, 6) is 1.72. The average Bonchev–Trinajstić information content (AvgIpc) is 2.79. The SMILES string of the molecule is CC(C)c1nc2c(n1CC1CCCCO1)CCNC2. The van der Waals surface area contributed by atoms with Gasteiger partial charge in [0.05, 0.1) is 18.3 Å². The lowest BCUT2D eigenvalue weighted by molar-refractivity contribution is 0.00498. The minimum Gasteiger partial charge on any atom is -0.376 e. The van der Waals surface area contributed by atoms with Gasteiger partial charge in [-0.3, -0.25) is 0 Å². The molecule has 0 saturated carbocycles.